The summed E-state index contributed by atoms with van der Waals surface area (Å²) < 4.78 is 43.5. The number of benzene rings is 3. The van der Waals surface area contributed by atoms with Crippen molar-refractivity contribution in [2.75, 3.05) is 20.2 Å². The van der Waals surface area contributed by atoms with Crippen LogP contribution in [0.25, 0.3) is 11.1 Å². The second-order valence-corrected chi connectivity index (χ2v) is 10.1. The molecule has 200 valence electrons. The fraction of sp³-hybridized carbons (Fsp3) is 0.345. The summed E-state index contributed by atoms with van der Waals surface area (Å²) in [7, 11) is 1.43. The minimum atomic E-state index is -0.879. The third-order valence-corrected chi connectivity index (χ3v) is 7.58. The van der Waals surface area contributed by atoms with Gasteiger partial charge in [-0.2, -0.15) is 0 Å². The Labute approximate surface area is 224 Å². The van der Waals surface area contributed by atoms with Crippen LogP contribution in [0.4, 0.5) is 8.78 Å². The number of hydrogen-bond acceptors (Lipinski definition) is 5. The van der Waals surface area contributed by atoms with Gasteiger partial charge in [-0.25, -0.2) is 8.78 Å². The first kappa shape index (κ1) is 26.4. The molecule has 2 aliphatic heterocycles. The highest BCUT2D eigenvalue weighted by molar-refractivity contribution is 6.34. The number of fused-ring (bicyclic) bond motifs is 1. The number of halogens is 3. The lowest BCUT2D eigenvalue weighted by atomic mass is 9.80. The minimum absolute atomic E-state index is 0.0275. The van der Waals surface area contributed by atoms with Crippen LogP contribution in [0.1, 0.15) is 41.3 Å². The van der Waals surface area contributed by atoms with Gasteiger partial charge in [0.05, 0.1) is 22.7 Å². The zero-order chi connectivity index (χ0) is 27.0. The van der Waals surface area contributed by atoms with E-state index in [4.69, 9.17) is 21.1 Å². The Kier molecular flexibility index (Phi) is 7.31. The number of nitrogens with one attached hydrogen (secondary N) is 2. The van der Waals surface area contributed by atoms with Crippen LogP contribution in [0.2, 0.25) is 5.02 Å². The Morgan fingerprint density at radius 3 is 2.68 bits per heavy atom. The van der Waals surface area contributed by atoms with Crippen molar-refractivity contribution < 1.29 is 28.2 Å². The molecule has 1 fully saturated rings. The van der Waals surface area contributed by atoms with E-state index in [9.17, 15) is 9.90 Å². The minimum Gasteiger partial charge on any atom is -0.488 e. The first-order valence-electron chi connectivity index (χ1n) is 12.6. The first-order valence-corrected chi connectivity index (χ1v) is 13.0. The highest BCUT2D eigenvalue weighted by Gasteiger charge is 2.50. The van der Waals surface area contributed by atoms with Gasteiger partial charge in [0.25, 0.3) is 5.91 Å². The molecule has 9 heteroatoms. The lowest BCUT2D eigenvalue weighted by Gasteiger charge is -2.35. The van der Waals surface area contributed by atoms with E-state index in [1.807, 2.05) is 30.3 Å². The third kappa shape index (κ3) is 4.51. The zero-order valence-electron chi connectivity index (χ0n) is 21.1. The van der Waals surface area contributed by atoms with Gasteiger partial charge in [0, 0.05) is 36.2 Å². The molecule has 1 saturated heterocycles. The van der Waals surface area contributed by atoms with E-state index >= 15 is 8.78 Å². The van der Waals surface area contributed by atoms with E-state index < -0.39 is 29.2 Å². The van der Waals surface area contributed by atoms with Crippen LogP contribution in [-0.2, 0) is 12.0 Å². The number of rotatable bonds is 7. The van der Waals surface area contributed by atoms with Crippen LogP contribution in [-0.4, -0.2) is 43.4 Å². The van der Waals surface area contributed by atoms with E-state index in [1.165, 1.54) is 32.2 Å². The molecule has 6 nitrogen and oxygen atoms in total. The number of carbonyl (C=O) groups is 1. The van der Waals surface area contributed by atoms with Crippen LogP contribution >= 0.6 is 11.6 Å². The molecule has 3 aromatic carbocycles. The first-order chi connectivity index (χ1) is 18.3. The van der Waals surface area contributed by atoms with Crippen LogP contribution in [0.15, 0.2) is 48.5 Å². The predicted octanol–water partition coefficient (Wildman–Crippen LogP) is 4.99. The van der Waals surface area contributed by atoms with Gasteiger partial charge in [-0.15, -0.1) is 0 Å². The van der Waals surface area contributed by atoms with Crippen molar-refractivity contribution >= 4 is 17.5 Å². The molecule has 5 rings (SSSR count). The van der Waals surface area contributed by atoms with Gasteiger partial charge in [-0.1, -0.05) is 41.9 Å². The Balaban J connectivity index is 1.73. The molecule has 38 heavy (non-hydrogen) atoms. The van der Waals surface area contributed by atoms with Crippen LogP contribution in [0.3, 0.4) is 0 Å². The summed E-state index contributed by atoms with van der Waals surface area (Å²) in [5, 5.41) is 15.4. The number of aliphatic hydroxyl groups is 1. The molecule has 2 heterocycles. The maximum atomic E-state index is 16.1. The second-order valence-electron chi connectivity index (χ2n) is 9.75. The maximum Gasteiger partial charge on any atom is 0.251 e. The molecular formula is C29H29ClF2N2O4. The average Bonchev–Trinajstić information content (AvgIpc) is 3.58. The van der Waals surface area contributed by atoms with Gasteiger partial charge in [0.2, 0.25) is 0 Å². The molecular weight excluding hydrogens is 514 g/mol. The zero-order valence-corrected chi connectivity index (χ0v) is 21.9. The van der Waals surface area contributed by atoms with E-state index in [0.717, 1.165) is 24.9 Å². The van der Waals surface area contributed by atoms with Crippen molar-refractivity contribution in [3.8, 4) is 22.6 Å². The normalized spacial score (nSPS) is 21.1. The van der Waals surface area contributed by atoms with E-state index in [-0.39, 0.29) is 52.3 Å². The molecule has 0 radical (unpaired) electrons. The Morgan fingerprint density at radius 2 is 2.03 bits per heavy atom. The molecule has 0 spiro atoms. The van der Waals surface area contributed by atoms with Gasteiger partial charge < -0.3 is 25.2 Å². The molecule has 0 aromatic heterocycles. The van der Waals surface area contributed by atoms with Crippen molar-refractivity contribution in [2.45, 2.75) is 43.9 Å². The van der Waals surface area contributed by atoms with Crippen molar-refractivity contribution in [1.29, 1.82) is 0 Å². The number of amides is 1. The Hall–Kier alpha value is -3.20. The Morgan fingerprint density at radius 1 is 1.26 bits per heavy atom. The molecule has 3 aromatic rings. The topological polar surface area (TPSA) is 79.8 Å². The van der Waals surface area contributed by atoms with Crippen molar-refractivity contribution in [2.24, 2.45) is 0 Å². The van der Waals surface area contributed by atoms with Gasteiger partial charge in [0.1, 0.15) is 18.2 Å². The quantitative estimate of drug-likeness (QED) is 0.392. The van der Waals surface area contributed by atoms with Crippen LogP contribution in [0, 0.1) is 11.6 Å². The van der Waals surface area contributed by atoms with Crippen molar-refractivity contribution in [3.05, 3.63) is 81.9 Å². The molecule has 3 N–H and O–H groups in total. The summed E-state index contributed by atoms with van der Waals surface area (Å²) >= 11 is 6.56. The summed E-state index contributed by atoms with van der Waals surface area (Å²) in [6.07, 6.45) is 1.23. The number of ether oxygens (including phenoxy) is 2. The molecule has 0 aliphatic carbocycles. The smallest absolute Gasteiger partial charge is 0.251 e. The maximum absolute atomic E-state index is 16.1. The summed E-state index contributed by atoms with van der Waals surface area (Å²) in [6, 6.07) is 13.5. The van der Waals surface area contributed by atoms with Gasteiger partial charge >= 0.3 is 0 Å². The summed E-state index contributed by atoms with van der Waals surface area (Å²) in [6.45, 7) is 2.16. The standard InChI is InChI=1S/C29H29ClF2N2O4/c1-16(35)15-37-21-11-10-18(28(36)33-2)25(27(21)32)24-19-14-29(23-9-6-12-34-23,17-7-4-3-5-8-17)38-22(19)13-20(31)26(24)30/h3-5,7-8,10-11,13,16,23,34-35H,6,9,12,14-15H2,1-2H3,(H,33,36)/t16-,23-,29-/m0/s1. The SMILES string of the molecule is CNC(=O)c1ccc(OC[C@H](C)O)c(F)c1-c1c(Cl)c(F)cc2c1C[C@](c1ccccc1)([C@@H]1CCCN1)O2. The fourth-order valence-electron chi connectivity index (χ4n) is 5.47. The van der Waals surface area contributed by atoms with E-state index in [0.29, 0.717) is 5.56 Å². The Bertz CT molecular complexity index is 1360. The van der Waals surface area contributed by atoms with Gasteiger partial charge in [-0.05, 0) is 44.0 Å². The number of carbonyl (C=O) groups excluding carboxylic acids is 1. The number of aliphatic hydroxyl groups excluding tert-OH is 1. The lowest BCUT2D eigenvalue weighted by molar-refractivity contribution is 0.0539. The molecule has 0 bridgehead atoms. The molecule has 3 atom stereocenters. The van der Waals surface area contributed by atoms with Gasteiger partial charge in [-0.3, -0.25) is 4.79 Å². The molecule has 0 unspecified atom stereocenters. The van der Waals surface area contributed by atoms with Crippen LogP contribution in [0.5, 0.6) is 11.5 Å². The van der Waals surface area contributed by atoms with Crippen molar-refractivity contribution in [3.63, 3.8) is 0 Å². The molecule has 1 amide bonds. The second kappa shape index (κ2) is 10.5. The van der Waals surface area contributed by atoms with Crippen LogP contribution < -0.4 is 20.1 Å². The summed E-state index contributed by atoms with van der Waals surface area (Å²) in [5.41, 5.74) is 0.372. The van der Waals surface area contributed by atoms with E-state index in [1.54, 1.807) is 0 Å². The van der Waals surface area contributed by atoms with Gasteiger partial charge in [0.15, 0.2) is 17.2 Å². The van der Waals surface area contributed by atoms with Crippen molar-refractivity contribution in [1.82, 2.24) is 10.6 Å². The largest absolute Gasteiger partial charge is 0.488 e. The molecule has 2 aliphatic rings. The summed E-state index contributed by atoms with van der Waals surface area (Å²) in [4.78, 5) is 12.9. The highest BCUT2D eigenvalue weighted by atomic mass is 35.5. The average molecular weight is 543 g/mol. The summed E-state index contributed by atoms with van der Waals surface area (Å²) in [5.74, 6) is -2.18. The third-order valence-electron chi connectivity index (χ3n) is 7.21. The lowest BCUT2D eigenvalue weighted by Crippen LogP contribution is -2.48. The molecule has 0 saturated carbocycles. The van der Waals surface area contributed by atoms with E-state index in [2.05, 4.69) is 10.6 Å². The highest BCUT2D eigenvalue weighted by Crippen LogP contribution is 2.52. The fourth-order valence-corrected chi connectivity index (χ4v) is 5.73. The predicted molar refractivity (Wildman–Crippen MR) is 141 cm³/mol. The number of hydrogen-bond donors (Lipinski definition) is 3. The monoisotopic (exact) mass is 542 g/mol.